The Kier molecular flexibility index (Phi) is 2.84. The highest BCUT2D eigenvalue weighted by Gasteiger charge is 2.31. The van der Waals surface area contributed by atoms with Crippen LogP contribution in [0.3, 0.4) is 0 Å². The van der Waals surface area contributed by atoms with E-state index in [1.807, 2.05) is 19.6 Å². The van der Waals surface area contributed by atoms with E-state index in [4.69, 9.17) is 4.74 Å². The minimum Gasteiger partial charge on any atom is -0.381 e. The van der Waals surface area contributed by atoms with Crippen molar-refractivity contribution >= 4 is 0 Å². The van der Waals surface area contributed by atoms with E-state index in [9.17, 15) is 0 Å². The third-order valence-corrected chi connectivity index (χ3v) is 2.90. The van der Waals surface area contributed by atoms with Gasteiger partial charge in [-0.25, -0.2) is 4.98 Å². The van der Waals surface area contributed by atoms with Crippen LogP contribution in [0.1, 0.15) is 24.6 Å². The van der Waals surface area contributed by atoms with Crippen molar-refractivity contribution in [2.75, 3.05) is 14.2 Å². The van der Waals surface area contributed by atoms with Gasteiger partial charge < -0.3 is 14.6 Å². The predicted octanol–water partition coefficient (Wildman–Crippen LogP) is 0.952. The van der Waals surface area contributed by atoms with Crippen molar-refractivity contribution in [1.29, 1.82) is 0 Å². The topological polar surface area (TPSA) is 39.1 Å². The van der Waals surface area contributed by atoms with Gasteiger partial charge in [-0.15, -0.1) is 0 Å². The standard InChI is InChI=1S/C10H17N3O/c1-11-5-9-6-12-7-13(9)8-3-10(4-8)14-2/h6-8,10-11H,3-5H2,1-2H3. The van der Waals surface area contributed by atoms with E-state index in [-0.39, 0.29) is 0 Å². The monoisotopic (exact) mass is 195 g/mol. The first-order valence-electron chi connectivity index (χ1n) is 5.03. The molecule has 0 saturated heterocycles. The molecule has 1 aromatic heterocycles. The molecule has 1 aliphatic carbocycles. The van der Waals surface area contributed by atoms with E-state index in [1.54, 1.807) is 7.11 Å². The average molecular weight is 195 g/mol. The average Bonchev–Trinajstić information content (AvgIpc) is 2.52. The van der Waals surface area contributed by atoms with Gasteiger partial charge in [-0.3, -0.25) is 0 Å². The van der Waals surface area contributed by atoms with Crippen LogP contribution >= 0.6 is 0 Å². The van der Waals surface area contributed by atoms with Gasteiger partial charge in [0.1, 0.15) is 0 Å². The van der Waals surface area contributed by atoms with Crippen LogP contribution in [0.15, 0.2) is 12.5 Å². The molecule has 1 saturated carbocycles. The van der Waals surface area contributed by atoms with Gasteiger partial charge in [0.15, 0.2) is 0 Å². The minimum absolute atomic E-state index is 0.449. The van der Waals surface area contributed by atoms with Crippen LogP contribution in [0.4, 0.5) is 0 Å². The summed E-state index contributed by atoms with van der Waals surface area (Å²) in [5.41, 5.74) is 1.26. The maximum Gasteiger partial charge on any atom is 0.0951 e. The van der Waals surface area contributed by atoms with Crippen LogP contribution in [-0.4, -0.2) is 29.8 Å². The van der Waals surface area contributed by atoms with Crippen molar-refractivity contribution in [3.63, 3.8) is 0 Å². The van der Waals surface area contributed by atoms with Crippen LogP contribution in [0.5, 0.6) is 0 Å². The summed E-state index contributed by atoms with van der Waals surface area (Å²) in [4.78, 5) is 4.18. The SMILES string of the molecule is CNCc1cncn1C1CC(OC)C1. The number of hydrogen-bond donors (Lipinski definition) is 1. The van der Waals surface area contributed by atoms with Crippen molar-refractivity contribution in [1.82, 2.24) is 14.9 Å². The van der Waals surface area contributed by atoms with E-state index >= 15 is 0 Å². The molecule has 0 amide bonds. The number of ether oxygens (including phenoxy) is 1. The Bertz CT molecular complexity index is 291. The molecule has 1 fully saturated rings. The molecule has 0 spiro atoms. The fraction of sp³-hybridized carbons (Fsp3) is 0.700. The van der Waals surface area contributed by atoms with Crippen LogP contribution < -0.4 is 5.32 Å². The van der Waals surface area contributed by atoms with Gasteiger partial charge in [0, 0.05) is 25.9 Å². The highest BCUT2D eigenvalue weighted by Crippen LogP contribution is 2.34. The number of hydrogen-bond acceptors (Lipinski definition) is 3. The summed E-state index contributed by atoms with van der Waals surface area (Å²) in [7, 11) is 3.74. The highest BCUT2D eigenvalue weighted by atomic mass is 16.5. The van der Waals surface area contributed by atoms with Gasteiger partial charge in [-0.1, -0.05) is 0 Å². The molecule has 0 atom stereocenters. The van der Waals surface area contributed by atoms with Crippen LogP contribution in [0, 0.1) is 0 Å². The Hall–Kier alpha value is -0.870. The number of imidazole rings is 1. The lowest BCUT2D eigenvalue weighted by Crippen LogP contribution is -2.33. The summed E-state index contributed by atoms with van der Waals surface area (Å²) in [6.07, 6.45) is 6.53. The van der Waals surface area contributed by atoms with E-state index in [0.717, 1.165) is 19.4 Å². The molecular weight excluding hydrogens is 178 g/mol. The molecule has 1 N–H and O–H groups in total. The lowest BCUT2D eigenvalue weighted by atomic mass is 9.89. The molecule has 0 radical (unpaired) electrons. The van der Waals surface area contributed by atoms with Crippen LogP contribution in [0.2, 0.25) is 0 Å². The molecule has 14 heavy (non-hydrogen) atoms. The summed E-state index contributed by atoms with van der Waals surface area (Å²) >= 11 is 0. The second-order valence-corrected chi connectivity index (χ2v) is 3.81. The molecular formula is C10H17N3O. The molecule has 1 heterocycles. The maximum atomic E-state index is 5.26. The van der Waals surface area contributed by atoms with Gasteiger partial charge in [-0.2, -0.15) is 0 Å². The first-order valence-corrected chi connectivity index (χ1v) is 5.03. The van der Waals surface area contributed by atoms with E-state index in [0.29, 0.717) is 12.1 Å². The van der Waals surface area contributed by atoms with E-state index in [2.05, 4.69) is 14.9 Å². The van der Waals surface area contributed by atoms with Crippen molar-refractivity contribution in [3.8, 4) is 0 Å². The third-order valence-electron chi connectivity index (χ3n) is 2.90. The molecule has 4 heteroatoms. The van der Waals surface area contributed by atoms with Crippen LogP contribution in [0.25, 0.3) is 0 Å². The zero-order valence-electron chi connectivity index (χ0n) is 8.73. The first kappa shape index (κ1) is 9.68. The summed E-state index contributed by atoms with van der Waals surface area (Å²) in [5.74, 6) is 0. The lowest BCUT2D eigenvalue weighted by Gasteiger charge is -2.35. The molecule has 2 rings (SSSR count). The predicted molar refractivity (Wildman–Crippen MR) is 54.1 cm³/mol. The zero-order valence-corrected chi connectivity index (χ0v) is 8.73. The van der Waals surface area contributed by atoms with Gasteiger partial charge in [0.2, 0.25) is 0 Å². The zero-order chi connectivity index (χ0) is 9.97. The van der Waals surface area contributed by atoms with E-state index < -0.39 is 0 Å². The second kappa shape index (κ2) is 4.11. The van der Waals surface area contributed by atoms with Gasteiger partial charge in [-0.05, 0) is 19.9 Å². The minimum atomic E-state index is 0.449. The molecule has 1 aromatic rings. The van der Waals surface area contributed by atoms with Crippen LogP contribution in [-0.2, 0) is 11.3 Å². The van der Waals surface area contributed by atoms with Gasteiger partial charge in [0.05, 0.1) is 18.1 Å². The summed E-state index contributed by atoms with van der Waals surface area (Å²) in [6, 6.07) is 0.589. The Balaban J connectivity index is 1.99. The van der Waals surface area contributed by atoms with E-state index in [1.165, 1.54) is 5.69 Å². The molecule has 0 aliphatic heterocycles. The number of nitrogens with one attached hydrogen (secondary N) is 1. The van der Waals surface area contributed by atoms with Crippen molar-refractivity contribution in [3.05, 3.63) is 18.2 Å². The molecule has 0 bridgehead atoms. The fourth-order valence-corrected chi connectivity index (χ4v) is 1.94. The maximum absolute atomic E-state index is 5.26. The molecule has 1 aliphatic rings. The number of methoxy groups -OCH3 is 1. The van der Waals surface area contributed by atoms with Gasteiger partial charge in [0.25, 0.3) is 0 Å². The molecule has 0 unspecified atom stereocenters. The van der Waals surface area contributed by atoms with Crippen molar-refractivity contribution in [2.45, 2.75) is 31.5 Å². The first-order chi connectivity index (χ1) is 6.85. The summed E-state index contributed by atoms with van der Waals surface area (Å²) in [5, 5.41) is 3.15. The quantitative estimate of drug-likeness (QED) is 0.777. The Morgan fingerprint density at radius 1 is 1.64 bits per heavy atom. The molecule has 4 nitrogen and oxygen atoms in total. The van der Waals surface area contributed by atoms with Crippen molar-refractivity contribution in [2.24, 2.45) is 0 Å². The number of nitrogens with zero attached hydrogens (tertiary/aromatic N) is 2. The summed E-state index contributed by atoms with van der Waals surface area (Å²) in [6.45, 7) is 0.883. The summed E-state index contributed by atoms with van der Waals surface area (Å²) < 4.78 is 7.52. The molecule has 0 aromatic carbocycles. The Labute approximate surface area is 84.3 Å². The number of aromatic nitrogens is 2. The Morgan fingerprint density at radius 3 is 3.07 bits per heavy atom. The normalized spacial score (nSPS) is 26.1. The molecule has 78 valence electrons. The second-order valence-electron chi connectivity index (χ2n) is 3.81. The largest absolute Gasteiger partial charge is 0.381 e. The lowest BCUT2D eigenvalue weighted by molar-refractivity contribution is 0.00538. The smallest absolute Gasteiger partial charge is 0.0951 e. The Morgan fingerprint density at radius 2 is 2.43 bits per heavy atom. The third kappa shape index (κ3) is 1.67. The highest BCUT2D eigenvalue weighted by molar-refractivity contribution is 5.02. The number of rotatable bonds is 4. The fourth-order valence-electron chi connectivity index (χ4n) is 1.94. The van der Waals surface area contributed by atoms with Crippen molar-refractivity contribution < 1.29 is 4.74 Å². The van der Waals surface area contributed by atoms with Gasteiger partial charge >= 0.3 is 0 Å².